The van der Waals surface area contributed by atoms with Gasteiger partial charge in [-0.25, -0.2) is 5.43 Å². The summed E-state index contributed by atoms with van der Waals surface area (Å²) in [6.07, 6.45) is 1.41. The van der Waals surface area contributed by atoms with Crippen molar-refractivity contribution in [2.75, 3.05) is 0 Å². The predicted molar refractivity (Wildman–Crippen MR) is 96.2 cm³/mol. The van der Waals surface area contributed by atoms with Crippen LogP contribution < -0.4 is 5.43 Å². The van der Waals surface area contributed by atoms with Crippen molar-refractivity contribution >= 4 is 40.3 Å². The van der Waals surface area contributed by atoms with Crippen LogP contribution >= 0.6 is 11.6 Å². The maximum absolute atomic E-state index is 12.3. The van der Waals surface area contributed by atoms with Gasteiger partial charge in [-0.05, 0) is 42.3 Å². The lowest BCUT2D eigenvalue weighted by atomic mass is 10.1. The highest BCUT2D eigenvalue weighted by molar-refractivity contribution is 6.36. The number of hydrogen-bond acceptors (Lipinski definition) is 4. The molecule has 3 rings (SSSR count). The highest BCUT2D eigenvalue weighted by atomic mass is 35.5. The first kappa shape index (κ1) is 16.7. The molecule has 0 saturated carbocycles. The molecule has 2 N–H and O–H groups in total. The molecule has 0 aliphatic rings. The van der Waals surface area contributed by atoms with Crippen molar-refractivity contribution in [3.63, 3.8) is 0 Å². The van der Waals surface area contributed by atoms with Crippen LogP contribution in [0.15, 0.2) is 47.6 Å². The summed E-state index contributed by atoms with van der Waals surface area (Å²) in [5, 5.41) is 15.9. The second-order valence-electron chi connectivity index (χ2n) is 5.34. The van der Waals surface area contributed by atoms with Gasteiger partial charge in [0.1, 0.15) is 5.69 Å². The monoisotopic (exact) mass is 356 g/mol. The Morgan fingerprint density at radius 2 is 2.00 bits per heavy atom. The van der Waals surface area contributed by atoms with Crippen LogP contribution in [0.25, 0.3) is 10.9 Å². The molecule has 1 aromatic heterocycles. The average Bonchev–Trinajstić information content (AvgIpc) is 2.93. The number of non-ortho nitro benzene ring substituents is 1. The number of nitro benzene ring substituents is 1. The SMILES string of the molecule is Cc1c(C(=O)NN=Cc2ccc([N+](=O)[O-])cc2)[nH]c2cccc(Cl)c12. The number of nitrogens with zero attached hydrogens (tertiary/aromatic N) is 2. The molecule has 0 atom stereocenters. The molecule has 25 heavy (non-hydrogen) atoms. The molecule has 0 aliphatic heterocycles. The fourth-order valence-corrected chi connectivity index (χ4v) is 2.81. The largest absolute Gasteiger partial charge is 0.350 e. The lowest BCUT2D eigenvalue weighted by molar-refractivity contribution is -0.384. The summed E-state index contributed by atoms with van der Waals surface area (Å²) >= 11 is 6.17. The molecule has 1 heterocycles. The summed E-state index contributed by atoms with van der Waals surface area (Å²) in [6, 6.07) is 11.2. The molecule has 3 aromatic rings. The Morgan fingerprint density at radius 1 is 1.28 bits per heavy atom. The van der Waals surface area contributed by atoms with Gasteiger partial charge in [0.05, 0.1) is 16.2 Å². The Balaban J connectivity index is 1.75. The number of aryl methyl sites for hydroxylation is 1. The Kier molecular flexibility index (Phi) is 4.49. The number of fused-ring (bicyclic) bond motifs is 1. The van der Waals surface area contributed by atoms with Crippen LogP contribution in [0.2, 0.25) is 5.02 Å². The average molecular weight is 357 g/mol. The van der Waals surface area contributed by atoms with E-state index < -0.39 is 10.8 Å². The Labute approximate surface area is 147 Å². The molecule has 2 aromatic carbocycles. The highest BCUT2D eigenvalue weighted by Crippen LogP contribution is 2.28. The van der Waals surface area contributed by atoms with Gasteiger partial charge in [0.15, 0.2) is 0 Å². The van der Waals surface area contributed by atoms with Gasteiger partial charge in [-0.2, -0.15) is 5.10 Å². The fraction of sp³-hybridized carbons (Fsp3) is 0.0588. The third-order valence-corrected chi connectivity index (χ3v) is 4.05. The molecule has 0 radical (unpaired) electrons. The van der Waals surface area contributed by atoms with Crippen LogP contribution in [-0.4, -0.2) is 22.0 Å². The molecule has 0 saturated heterocycles. The Hall–Kier alpha value is -3.19. The number of nitro groups is 1. The van der Waals surface area contributed by atoms with Crippen molar-refractivity contribution in [3.05, 3.63) is 74.4 Å². The van der Waals surface area contributed by atoms with Crippen LogP contribution in [0.4, 0.5) is 5.69 Å². The van der Waals surface area contributed by atoms with Crippen molar-refractivity contribution in [2.45, 2.75) is 6.92 Å². The summed E-state index contributed by atoms with van der Waals surface area (Å²) in [5.74, 6) is -0.400. The van der Waals surface area contributed by atoms with Crippen LogP contribution in [0.1, 0.15) is 21.6 Å². The molecule has 0 fully saturated rings. The van der Waals surface area contributed by atoms with E-state index in [9.17, 15) is 14.9 Å². The second-order valence-corrected chi connectivity index (χ2v) is 5.74. The topological polar surface area (TPSA) is 100 Å². The van der Waals surface area contributed by atoms with E-state index in [-0.39, 0.29) is 5.69 Å². The highest BCUT2D eigenvalue weighted by Gasteiger charge is 2.15. The molecule has 0 bridgehead atoms. The first-order valence-electron chi connectivity index (χ1n) is 7.32. The van der Waals surface area contributed by atoms with Crippen LogP contribution in [0, 0.1) is 17.0 Å². The van der Waals surface area contributed by atoms with Gasteiger partial charge in [-0.1, -0.05) is 17.7 Å². The van der Waals surface area contributed by atoms with Crippen molar-refractivity contribution < 1.29 is 9.72 Å². The number of aromatic amines is 1. The molecule has 0 aliphatic carbocycles. The minimum atomic E-state index is -0.480. The lowest BCUT2D eigenvalue weighted by Crippen LogP contribution is -2.18. The number of hydrogen-bond donors (Lipinski definition) is 2. The number of hydrazone groups is 1. The molecule has 0 unspecified atom stereocenters. The van der Waals surface area contributed by atoms with Crippen molar-refractivity contribution in [3.8, 4) is 0 Å². The minimum absolute atomic E-state index is 0.00763. The fourth-order valence-electron chi connectivity index (χ4n) is 2.49. The quantitative estimate of drug-likeness (QED) is 0.422. The summed E-state index contributed by atoms with van der Waals surface area (Å²) in [6.45, 7) is 1.81. The summed E-state index contributed by atoms with van der Waals surface area (Å²) in [5.41, 5.74) is 4.94. The van der Waals surface area contributed by atoms with Crippen molar-refractivity contribution in [1.29, 1.82) is 0 Å². The molecule has 8 heteroatoms. The number of rotatable bonds is 4. The van der Waals surface area contributed by atoms with Crippen molar-refractivity contribution in [1.82, 2.24) is 10.4 Å². The zero-order valence-electron chi connectivity index (χ0n) is 13.1. The Bertz CT molecular complexity index is 993. The number of aromatic nitrogens is 1. The first-order valence-corrected chi connectivity index (χ1v) is 7.70. The van der Waals surface area contributed by atoms with E-state index in [1.54, 1.807) is 31.2 Å². The third kappa shape index (κ3) is 3.36. The molecular formula is C17H13ClN4O3. The summed E-state index contributed by atoms with van der Waals surface area (Å²) in [7, 11) is 0. The molecular weight excluding hydrogens is 344 g/mol. The van der Waals surface area contributed by atoms with E-state index in [0.29, 0.717) is 16.3 Å². The van der Waals surface area contributed by atoms with Crippen LogP contribution in [-0.2, 0) is 0 Å². The smallest absolute Gasteiger partial charge is 0.288 e. The van der Waals surface area contributed by atoms with Gasteiger partial charge in [0, 0.05) is 23.0 Å². The normalized spacial score (nSPS) is 11.1. The first-order chi connectivity index (χ1) is 12.0. The zero-order chi connectivity index (χ0) is 18.0. The van der Waals surface area contributed by atoms with Gasteiger partial charge in [0.25, 0.3) is 11.6 Å². The van der Waals surface area contributed by atoms with Crippen LogP contribution in [0.5, 0.6) is 0 Å². The van der Waals surface area contributed by atoms with E-state index in [1.807, 2.05) is 6.07 Å². The molecule has 1 amide bonds. The van der Waals surface area contributed by atoms with E-state index in [2.05, 4.69) is 15.5 Å². The lowest BCUT2D eigenvalue weighted by Gasteiger charge is -1.99. The van der Waals surface area contributed by atoms with E-state index >= 15 is 0 Å². The number of H-pyrrole nitrogens is 1. The summed E-state index contributed by atoms with van der Waals surface area (Å²) in [4.78, 5) is 25.4. The number of amides is 1. The Morgan fingerprint density at radius 3 is 2.64 bits per heavy atom. The van der Waals surface area contributed by atoms with E-state index in [4.69, 9.17) is 11.6 Å². The molecule has 7 nitrogen and oxygen atoms in total. The number of benzene rings is 2. The maximum Gasteiger partial charge on any atom is 0.288 e. The minimum Gasteiger partial charge on any atom is -0.350 e. The number of nitrogens with one attached hydrogen (secondary N) is 2. The predicted octanol–water partition coefficient (Wildman–Crippen LogP) is 3.80. The maximum atomic E-state index is 12.3. The zero-order valence-corrected chi connectivity index (χ0v) is 13.9. The third-order valence-electron chi connectivity index (χ3n) is 3.73. The van der Waals surface area contributed by atoms with Gasteiger partial charge < -0.3 is 4.98 Å². The second kappa shape index (κ2) is 6.74. The van der Waals surface area contributed by atoms with Gasteiger partial charge in [-0.15, -0.1) is 0 Å². The summed E-state index contributed by atoms with van der Waals surface area (Å²) < 4.78 is 0. The van der Waals surface area contributed by atoms with Gasteiger partial charge >= 0.3 is 0 Å². The number of carbonyl (C=O) groups is 1. The van der Waals surface area contributed by atoms with E-state index in [1.165, 1.54) is 18.3 Å². The van der Waals surface area contributed by atoms with E-state index in [0.717, 1.165) is 16.5 Å². The van der Waals surface area contributed by atoms with Crippen LogP contribution in [0.3, 0.4) is 0 Å². The van der Waals surface area contributed by atoms with Gasteiger partial charge in [-0.3, -0.25) is 14.9 Å². The number of carbonyl (C=O) groups excluding carboxylic acids is 1. The number of halogens is 1. The molecule has 0 spiro atoms. The standard InChI is InChI=1S/C17H13ClN4O3/c1-10-15-13(18)3-2-4-14(15)20-16(10)17(23)21-19-9-11-5-7-12(8-6-11)22(24)25/h2-9,20H,1H3,(H,21,23). The molecule has 126 valence electrons. The van der Waals surface area contributed by atoms with Gasteiger partial charge in [0.2, 0.25) is 0 Å². The van der Waals surface area contributed by atoms with Crippen molar-refractivity contribution in [2.24, 2.45) is 5.10 Å².